The van der Waals surface area contributed by atoms with E-state index in [2.05, 4.69) is 62.6 Å². The number of nitrogen functional groups attached to an aromatic ring is 1. The van der Waals surface area contributed by atoms with E-state index in [0.717, 1.165) is 69.2 Å². The average molecular weight is 570 g/mol. The molecule has 3 amide bonds. The molecule has 4 N–H and O–H groups in total. The maximum Gasteiger partial charge on any atom is 0.232 e. The van der Waals surface area contributed by atoms with Crippen LogP contribution in [0.3, 0.4) is 0 Å². The van der Waals surface area contributed by atoms with Crippen molar-refractivity contribution in [3.63, 3.8) is 0 Å². The summed E-state index contributed by atoms with van der Waals surface area (Å²) >= 11 is 0. The molecule has 6 atom stereocenters. The highest BCUT2D eigenvalue weighted by molar-refractivity contribution is 6.01. The Bertz CT molecular complexity index is 1470. The van der Waals surface area contributed by atoms with Crippen LogP contribution in [0.2, 0.25) is 0 Å². The van der Waals surface area contributed by atoms with Crippen LogP contribution in [0.25, 0.3) is 0 Å². The van der Waals surface area contributed by atoms with Crippen molar-refractivity contribution in [2.24, 2.45) is 22.7 Å². The van der Waals surface area contributed by atoms with E-state index in [9.17, 15) is 14.4 Å². The fourth-order valence-corrected chi connectivity index (χ4v) is 9.89. The minimum atomic E-state index is -0.632. The highest BCUT2D eigenvalue weighted by atomic mass is 16.2. The molecule has 6 rings (SSSR count). The number of nitrogens with one attached hydrogen (secondary N) is 2. The molecule has 2 fully saturated rings. The predicted octanol–water partition coefficient (Wildman–Crippen LogP) is 6.59. The Balaban J connectivity index is 1.25. The smallest absolute Gasteiger partial charge is 0.232 e. The van der Waals surface area contributed by atoms with Crippen molar-refractivity contribution in [3.8, 4) is 0 Å². The maximum absolute atomic E-state index is 14.2. The lowest BCUT2D eigenvalue weighted by molar-refractivity contribution is -0.147. The fraction of sp³-hybridized carbons (Fsp3) is 0.583. The highest BCUT2D eigenvalue weighted by Crippen LogP contribution is 2.61. The van der Waals surface area contributed by atoms with Crippen molar-refractivity contribution in [3.05, 3.63) is 58.7 Å². The summed E-state index contributed by atoms with van der Waals surface area (Å²) < 4.78 is 0. The molecule has 0 heterocycles. The Hall–Kier alpha value is -3.15. The van der Waals surface area contributed by atoms with Crippen LogP contribution in [0.1, 0.15) is 108 Å². The summed E-state index contributed by atoms with van der Waals surface area (Å²) in [5.74, 6) is 0.0523. The molecule has 2 unspecified atom stereocenters. The highest BCUT2D eigenvalue weighted by Gasteiger charge is 2.60. The summed E-state index contributed by atoms with van der Waals surface area (Å²) in [6, 6.07) is 12.5. The SMILES string of the molecule is CCC(=O)Nc1ccc2c(c1)[C@@]1(C)CC[C@](C)(C(=O)NC(=O)[C@@]3(C)CCC[C@]4(C)c5cc(N)ccc5CCC34)C1CC2. The van der Waals surface area contributed by atoms with Gasteiger partial charge in [-0.05, 0) is 121 Å². The second kappa shape index (κ2) is 9.96. The number of benzene rings is 2. The Morgan fingerprint density at radius 1 is 0.786 bits per heavy atom. The zero-order valence-corrected chi connectivity index (χ0v) is 26.0. The monoisotopic (exact) mass is 569 g/mol. The van der Waals surface area contributed by atoms with E-state index in [1.54, 1.807) is 0 Å². The van der Waals surface area contributed by atoms with Crippen molar-refractivity contribution in [1.82, 2.24) is 5.32 Å². The zero-order chi connectivity index (χ0) is 30.1. The van der Waals surface area contributed by atoms with Crippen LogP contribution >= 0.6 is 0 Å². The molecule has 0 aromatic heterocycles. The number of fused-ring (bicyclic) bond motifs is 6. The molecule has 2 aromatic carbocycles. The number of aryl methyl sites for hydroxylation is 2. The molecule has 4 aliphatic carbocycles. The normalized spacial score (nSPS) is 34.8. The molecule has 0 bridgehead atoms. The number of carbonyl (C=O) groups is 3. The Morgan fingerprint density at radius 2 is 1.36 bits per heavy atom. The summed E-state index contributed by atoms with van der Waals surface area (Å²) in [4.78, 5) is 40.5. The van der Waals surface area contributed by atoms with Gasteiger partial charge in [-0.1, -0.05) is 53.2 Å². The molecule has 0 aliphatic heterocycles. The second-order valence-electron chi connectivity index (χ2n) is 14.7. The Morgan fingerprint density at radius 3 is 2.00 bits per heavy atom. The molecule has 42 heavy (non-hydrogen) atoms. The Labute approximate surface area is 250 Å². The number of hydrogen-bond acceptors (Lipinski definition) is 4. The lowest BCUT2D eigenvalue weighted by atomic mass is 9.49. The van der Waals surface area contributed by atoms with Gasteiger partial charge in [0.1, 0.15) is 0 Å². The van der Waals surface area contributed by atoms with Crippen molar-refractivity contribution in [2.45, 2.75) is 110 Å². The van der Waals surface area contributed by atoms with E-state index in [-0.39, 0.29) is 40.4 Å². The van der Waals surface area contributed by atoms with Crippen LogP contribution in [-0.4, -0.2) is 17.7 Å². The van der Waals surface area contributed by atoms with Gasteiger partial charge in [0.15, 0.2) is 0 Å². The molecule has 6 nitrogen and oxygen atoms in total. The summed E-state index contributed by atoms with van der Waals surface area (Å²) in [6.07, 6.45) is 8.51. The quantitative estimate of drug-likeness (QED) is 0.286. The second-order valence-corrected chi connectivity index (χ2v) is 14.7. The van der Waals surface area contributed by atoms with Gasteiger partial charge < -0.3 is 11.1 Å². The van der Waals surface area contributed by atoms with Gasteiger partial charge in [-0.15, -0.1) is 0 Å². The molecule has 6 heteroatoms. The van der Waals surface area contributed by atoms with E-state index in [4.69, 9.17) is 5.73 Å². The van der Waals surface area contributed by atoms with E-state index in [1.807, 2.05) is 19.1 Å². The fourth-order valence-electron chi connectivity index (χ4n) is 9.89. The van der Waals surface area contributed by atoms with E-state index in [1.165, 1.54) is 22.3 Å². The van der Waals surface area contributed by atoms with Gasteiger partial charge in [0, 0.05) is 17.8 Å². The third-order valence-corrected chi connectivity index (χ3v) is 12.4. The number of amides is 3. The molecule has 2 aromatic rings. The molecule has 0 radical (unpaired) electrons. The molecular formula is C36H47N3O3. The number of rotatable bonds is 4. The van der Waals surface area contributed by atoms with Crippen LogP contribution in [-0.2, 0) is 38.1 Å². The number of nitrogens with two attached hydrogens (primary N) is 1. The minimum Gasteiger partial charge on any atom is -0.399 e. The summed E-state index contributed by atoms with van der Waals surface area (Å²) in [6.45, 7) is 10.6. The van der Waals surface area contributed by atoms with Gasteiger partial charge >= 0.3 is 0 Å². The zero-order valence-electron chi connectivity index (χ0n) is 26.0. The van der Waals surface area contributed by atoms with Gasteiger partial charge in [0.2, 0.25) is 17.7 Å². The molecule has 0 spiro atoms. The molecule has 2 saturated carbocycles. The lowest BCUT2D eigenvalue weighted by Gasteiger charge is -2.54. The predicted molar refractivity (Wildman–Crippen MR) is 167 cm³/mol. The van der Waals surface area contributed by atoms with Crippen LogP contribution in [0, 0.1) is 22.7 Å². The van der Waals surface area contributed by atoms with E-state index < -0.39 is 10.8 Å². The van der Waals surface area contributed by atoms with Crippen molar-refractivity contribution >= 4 is 29.1 Å². The lowest BCUT2D eigenvalue weighted by Crippen LogP contribution is -2.58. The van der Waals surface area contributed by atoms with Gasteiger partial charge in [0.25, 0.3) is 0 Å². The van der Waals surface area contributed by atoms with Gasteiger partial charge in [0.05, 0.1) is 10.8 Å². The third-order valence-electron chi connectivity index (χ3n) is 12.4. The number of hydrogen-bond donors (Lipinski definition) is 3. The molecule has 0 saturated heterocycles. The van der Waals surface area contributed by atoms with Crippen molar-refractivity contribution in [2.75, 3.05) is 11.1 Å². The summed E-state index contributed by atoms with van der Waals surface area (Å²) in [5.41, 5.74) is 11.4. The van der Waals surface area contributed by atoms with Crippen LogP contribution in [0.4, 0.5) is 11.4 Å². The largest absolute Gasteiger partial charge is 0.399 e. The number of anilines is 2. The van der Waals surface area contributed by atoms with Crippen LogP contribution in [0.5, 0.6) is 0 Å². The number of imide groups is 1. The summed E-state index contributed by atoms with van der Waals surface area (Å²) in [5, 5.41) is 6.03. The molecule has 4 aliphatic rings. The van der Waals surface area contributed by atoms with Crippen molar-refractivity contribution in [1.29, 1.82) is 0 Å². The Kier molecular flexibility index (Phi) is 6.86. The minimum absolute atomic E-state index is 0.00107. The van der Waals surface area contributed by atoms with Crippen molar-refractivity contribution < 1.29 is 14.4 Å². The molecular weight excluding hydrogens is 522 g/mol. The van der Waals surface area contributed by atoms with Gasteiger partial charge in [-0.3, -0.25) is 19.7 Å². The first-order valence-electron chi connectivity index (χ1n) is 16.0. The van der Waals surface area contributed by atoms with Crippen LogP contribution < -0.4 is 16.4 Å². The maximum atomic E-state index is 14.2. The van der Waals surface area contributed by atoms with E-state index in [0.29, 0.717) is 6.42 Å². The van der Waals surface area contributed by atoms with Crippen LogP contribution in [0.15, 0.2) is 36.4 Å². The number of carbonyl (C=O) groups excluding carboxylic acids is 3. The van der Waals surface area contributed by atoms with Gasteiger partial charge in [-0.25, -0.2) is 0 Å². The third kappa shape index (κ3) is 4.23. The van der Waals surface area contributed by atoms with Gasteiger partial charge in [-0.2, -0.15) is 0 Å². The molecule has 224 valence electrons. The topological polar surface area (TPSA) is 101 Å². The average Bonchev–Trinajstić information content (AvgIpc) is 3.25. The van der Waals surface area contributed by atoms with E-state index >= 15 is 0 Å². The first-order valence-corrected chi connectivity index (χ1v) is 16.0. The first-order chi connectivity index (χ1) is 19.8. The standard InChI is InChI=1S/C36H47N3O3/c1-6-30(40)38-25-13-9-23-11-15-29-34(3,27(23)21-25)18-19-36(29,5)32(42)39-31(41)35(4)17-7-16-33(2)26-20-24(37)12-8-22(26)10-14-28(33)35/h8-9,12-13,20-21,28-29H,6-7,10-11,14-19,37H2,1-5H3,(H,38,40)(H,39,41,42)/t28?,29?,33-,34-,35+,36+/m1/s1. The summed E-state index contributed by atoms with van der Waals surface area (Å²) in [7, 11) is 0. The first kappa shape index (κ1) is 28.9.